The number of hydrogen-bond donors (Lipinski definition) is 2. The van der Waals surface area contributed by atoms with Gasteiger partial charge in [-0.15, -0.1) is 11.3 Å². The van der Waals surface area contributed by atoms with Gasteiger partial charge in [-0.3, -0.25) is 4.79 Å². The molecule has 2 heterocycles. The van der Waals surface area contributed by atoms with Crippen LogP contribution in [0.3, 0.4) is 0 Å². The van der Waals surface area contributed by atoms with E-state index in [1.807, 2.05) is 11.4 Å². The van der Waals surface area contributed by atoms with E-state index in [2.05, 4.69) is 47.9 Å². The van der Waals surface area contributed by atoms with Crippen molar-refractivity contribution >= 4 is 17.2 Å². The van der Waals surface area contributed by atoms with Crippen LogP contribution in [-0.4, -0.2) is 31.7 Å². The summed E-state index contributed by atoms with van der Waals surface area (Å²) >= 11 is 1.65. The molecule has 23 heavy (non-hydrogen) atoms. The minimum absolute atomic E-state index is 0.0600. The number of benzene rings is 1. The first-order chi connectivity index (χ1) is 11.3. The number of ether oxygens (including phenoxy) is 1. The molecule has 0 unspecified atom stereocenters. The minimum Gasteiger partial charge on any atom is -0.366 e. The van der Waals surface area contributed by atoms with Gasteiger partial charge in [-0.05, 0) is 29.0 Å². The lowest BCUT2D eigenvalue weighted by Crippen LogP contribution is -2.48. The summed E-state index contributed by atoms with van der Waals surface area (Å²) in [4.78, 5) is 13.7. The third-order valence-corrected chi connectivity index (χ3v) is 4.99. The number of nitrogens with one attached hydrogen (secondary N) is 2. The fourth-order valence-electron chi connectivity index (χ4n) is 2.69. The topological polar surface area (TPSA) is 50.4 Å². The zero-order chi connectivity index (χ0) is 16.1. The van der Waals surface area contributed by atoms with Gasteiger partial charge in [-0.1, -0.05) is 37.3 Å². The van der Waals surface area contributed by atoms with E-state index in [-0.39, 0.29) is 11.9 Å². The second-order valence-corrected chi connectivity index (χ2v) is 6.59. The number of carbonyl (C=O) groups is 1. The lowest BCUT2D eigenvalue weighted by Gasteiger charge is -2.26. The molecule has 4 nitrogen and oxygen atoms in total. The third-order valence-electron chi connectivity index (χ3n) is 4.06. The van der Waals surface area contributed by atoms with Gasteiger partial charge in [-0.25, -0.2) is 0 Å². The lowest BCUT2D eigenvalue weighted by atomic mass is 10.0. The Balaban J connectivity index is 1.79. The van der Waals surface area contributed by atoms with E-state index in [4.69, 9.17) is 4.74 Å². The molecular formula is C18H22N2O2S. The van der Waals surface area contributed by atoms with Crippen LogP contribution in [0, 0.1) is 0 Å². The predicted octanol–water partition coefficient (Wildman–Crippen LogP) is 2.50. The summed E-state index contributed by atoms with van der Waals surface area (Å²) in [5.41, 5.74) is 2.39. The summed E-state index contributed by atoms with van der Waals surface area (Å²) < 4.78 is 5.56. The van der Waals surface area contributed by atoms with Gasteiger partial charge >= 0.3 is 0 Å². The van der Waals surface area contributed by atoms with Gasteiger partial charge in [0.15, 0.2) is 0 Å². The molecule has 3 rings (SSSR count). The second kappa shape index (κ2) is 7.73. The van der Waals surface area contributed by atoms with E-state index in [1.165, 1.54) is 5.56 Å². The van der Waals surface area contributed by atoms with Crippen molar-refractivity contribution in [1.29, 1.82) is 0 Å². The Morgan fingerprint density at radius 2 is 2.22 bits per heavy atom. The first-order valence-corrected chi connectivity index (χ1v) is 8.91. The number of rotatable bonds is 5. The smallest absolute Gasteiger partial charge is 0.251 e. The Hall–Kier alpha value is -1.69. The molecule has 1 aromatic carbocycles. The molecule has 5 heteroatoms. The Kier molecular flexibility index (Phi) is 5.43. The van der Waals surface area contributed by atoms with Crippen LogP contribution in [0.15, 0.2) is 41.8 Å². The van der Waals surface area contributed by atoms with Gasteiger partial charge in [0.1, 0.15) is 6.10 Å². The van der Waals surface area contributed by atoms with Crippen LogP contribution in [0.5, 0.6) is 0 Å². The zero-order valence-corrected chi connectivity index (χ0v) is 14.1. The highest BCUT2D eigenvalue weighted by atomic mass is 32.1. The monoisotopic (exact) mass is 330 g/mol. The van der Waals surface area contributed by atoms with Gasteiger partial charge < -0.3 is 15.4 Å². The van der Waals surface area contributed by atoms with Crippen LogP contribution in [0.1, 0.15) is 29.0 Å². The first kappa shape index (κ1) is 16.2. The van der Waals surface area contributed by atoms with Crippen LogP contribution < -0.4 is 10.6 Å². The van der Waals surface area contributed by atoms with Crippen molar-refractivity contribution < 1.29 is 9.53 Å². The van der Waals surface area contributed by atoms with Crippen molar-refractivity contribution in [2.45, 2.75) is 25.5 Å². The fourth-order valence-corrected chi connectivity index (χ4v) is 3.49. The highest BCUT2D eigenvalue weighted by Crippen LogP contribution is 2.26. The summed E-state index contributed by atoms with van der Waals surface area (Å²) in [6, 6.07) is 12.4. The van der Waals surface area contributed by atoms with Crippen LogP contribution in [-0.2, 0) is 16.0 Å². The Labute approximate surface area is 140 Å². The van der Waals surface area contributed by atoms with Crippen LogP contribution >= 0.6 is 11.3 Å². The van der Waals surface area contributed by atoms with Gasteiger partial charge in [0.05, 0.1) is 12.6 Å². The second-order valence-electron chi connectivity index (χ2n) is 5.62. The van der Waals surface area contributed by atoms with Crippen LogP contribution in [0.4, 0.5) is 0 Å². The van der Waals surface area contributed by atoms with E-state index in [0.29, 0.717) is 13.2 Å². The van der Waals surface area contributed by atoms with E-state index in [9.17, 15) is 4.79 Å². The van der Waals surface area contributed by atoms with Crippen molar-refractivity contribution in [3.8, 4) is 0 Å². The van der Waals surface area contributed by atoms with E-state index in [0.717, 1.165) is 23.4 Å². The van der Waals surface area contributed by atoms with E-state index >= 15 is 0 Å². The highest BCUT2D eigenvalue weighted by molar-refractivity contribution is 7.10. The third kappa shape index (κ3) is 3.99. The molecule has 1 aromatic heterocycles. The molecular weight excluding hydrogens is 308 g/mol. The van der Waals surface area contributed by atoms with Crippen LogP contribution in [0.25, 0.3) is 0 Å². The molecule has 0 aliphatic carbocycles. The number of carbonyl (C=O) groups excluding carboxylic acids is 1. The van der Waals surface area contributed by atoms with Crippen molar-refractivity contribution in [2.75, 3.05) is 19.7 Å². The minimum atomic E-state index is -0.416. The van der Waals surface area contributed by atoms with E-state index < -0.39 is 6.10 Å². The van der Waals surface area contributed by atoms with Crippen molar-refractivity contribution in [3.05, 3.63) is 57.8 Å². The fraction of sp³-hybridized carbons (Fsp3) is 0.389. The highest BCUT2D eigenvalue weighted by Gasteiger charge is 2.25. The molecule has 1 aliphatic heterocycles. The van der Waals surface area contributed by atoms with Gasteiger partial charge in [0, 0.05) is 18.0 Å². The standard InChI is InChI=1S/C18H22N2O2S/c1-2-13-5-7-14(8-6-13)17(16-4-3-11-23-16)20-18(21)15-12-19-9-10-22-15/h3-8,11,15,17,19H,2,9-10,12H2,1H3,(H,20,21)/t15-,17+/m1/s1. The Morgan fingerprint density at radius 1 is 1.39 bits per heavy atom. The molecule has 0 spiro atoms. The van der Waals surface area contributed by atoms with Crippen molar-refractivity contribution in [2.24, 2.45) is 0 Å². The summed E-state index contributed by atoms with van der Waals surface area (Å²) in [7, 11) is 0. The maximum atomic E-state index is 12.5. The maximum absolute atomic E-state index is 12.5. The van der Waals surface area contributed by atoms with Crippen molar-refractivity contribution in [3.63, 3.8) is 0 Å². The van der Waals surface area contributed by atoms with Crippen LogP contribution in [0.2, 0.25) is 0 Å². The average Bonchev–Trinajstić information content (AvgIpc) is 3.15. The van der Waals surface area contributed by atoms with Gasteiger partial charge in [0.25, 0.3) is 5.91 Å². The lowest BCUT2D eigenvalue weighted by molar-refractivity contribution is -0.134. The first-order valence-electron chi connectivity index (χ1n) is 8.03. The number of amides is 1. The number of hydrogen-bond acceptors (Lipinski definition) is 4. The molecule has 1 saturated heterocycles. The summed E-state index contributed by atoms with van der Waals surface area (Å²) in [6.45, 7) is 4.09. The molecule has 0 saturated carbocycles. The average molecular weight is 330 g/mol. The van der Waals surface area contributed by atoms with Gasteiger partial charge in [-0.2, -0.15) is 0 Å². The molecule has 0 radical (unpaired) electrons. The van der Waals surface area contributed by atoms with Crippen molar-refractivity contribution in [1.82, 2.24) is 10.6 Å². The Morgan fingerprint density at radius 3 is 2.83 bits per heavy atom. The molecule has 0 bridgehead atoms. The summed E-state index contributed by atoms with van der Waals surface area (Å²) in [5.74, 6) is -0.0600. The van der Waals surface area contributed by atoms with E-state index in [1.54, 1.807) is 11.3 Å². The maximum Gasteiger partial charge on any atom is 0.251 e. The Bertz CT molecular complexity index is 619. The normalized spacial score (nSPS) is 19.3. The SMILES string of the molecule is CCc1ccc([C@H](NC(=O)[C@H]2CNCCO2)c2cccs2)cc1. The zero-order valence-electron chi connectivity index (χ0n) is 13.2. The van der Waals surface area contributed by atoms with Gasteiger partial charge in [0.2, 0.25) is 0 Å². The molecule has 122 valence electrons. The quantitative estimate of drug-likeness (QED) is 0.886. The number of aryl methyl sites for hydroxylation is 1. The molecule has 2 aromatic rings. The molecule has 1 aliphatic rings. The largest absolute Gasteiger partial charge is 0.366 e. The molecule has 1 fully saturated rings. The predicted molar refractivity (Wildman–Crippen MR) is 92.7 cm³/mol. The summed E-state index contributed by atoms with van der Waals surface area (Å²) in [6.07, 6.45) is 0.596. The molecule has 1 amide bonds. The number of morpholine rings is 1. The molecule has 2 atom stereocenters. The molecule has 2 N–H and O–H groups in total. The summed E-state index contributed by atoms with van der Waals surface area (Å²) in [5, 5.41) is 8.38. The number of thiophene rings is 1.